The van der Waals surface area contributed by atoms with Crippen molar-refractivity contribution in [1.82, 2.24) is 0 Å². The lowest BCUT2D eigenvalue weighted by Crippen LogP contribution is -2.10. The second-order valence-electron chi connectivity index (χ2n) is 4.92. The minimum absolute atomic E-state index is 0.202. The molecular formula is C17H20O3. The largest absolute Gasteiger partial charge is 0.508 e. The Morgan fingerprint density at radius 3 is 2.20 bits per heavy atom. The molecule has 0 saturated carbocycles. The van der Waals surface area contributed by atoms with Gasteiger partial charge in [-0.15, -0.1) is 0 Å². The molecule has 3 heteroatoms. The summed E-state index contributed by atoms with van der Waals surface area (Å²) in [5, 5.41) is 9.34. The van der Waals surface area contributed by atoms with Crippen molar-refractivity contribution in [3.63, 3.8) is 0 Å². The Morgan fingerprint density at radius 1 is 0.900 bits per heavy atom. The van der Waals surface area contributed by atoms with Gasteiger partial charge in [-0.05, 0) is 44.0 Å². The van der Waals surface area contributed by atoms with Crippen molar-refractivity contribution < 1.29 is 14.6 Å². The van der Waals surface area contributed by atoms with E-state index in [0.29, 0.717) is 19.0 Å². The van der Waals surface area contributed by atoms with Crippen molar-refractivity contribution in [2.45, 2.75) is 20.8 Å². The van der Waals surface area contributed by atoms with E-state index in [1.807, 2.05) is 19.9 Å². The van der Waals surface area contributed by atoms with Crippen molar-refractivity contribution in [3.05, 3.63) is 53.1 Å². The van der Waals surface area contributed by atoms with Gasteiger partial charge in [-0.2, -0.15) is 0 Å². The number of benzene rings is 2. The van der Waals surface area contributed by atoms with Crippen LogP contribution in [-0.4, -0.2) is 18.3 Å². The van der Waals surface area contributed by atoms with E-state index < -0.39 is 0 Å². The Morgan fingerprint density at radius 2 is 1.55 bits per heavy atom. The second-order valence-corrected chi connectivity index (χ2v) is 4.92. The highest BCUT2D eigenvalue weighted by molar-refractivity contribution is 5.42. The molecule has 2 aromatic carbocycles. The lowest BCUT2D eigenvalue weighted by molar-refractivity contribution is 0.215. The van der Waals surface area contributed by atoms with Crippen molar-refractivity contribution in [2.24, 2.45) is 0 Å². The van der Waals surface area contributed by atoms with Crippen LogP contribution in [0.5, 0.6) is 17.2 Å². The van der Waals surface area contributed by atoms with Gasteiger partial charge in [0.05, 0.1) is 0 Å². The molecule has 0 spiro atoms. The van der Waals surface area contributed by atoms with E-state index in [-0.39, 0.29) is 5.75 Å². The van der Waals surface area contributed by atoms with Crippen LogP contribution in [0.15, 0.2) is 36.4 Å². The van der Waals surface area contributed by atoms with Crippen LogP contribution in [0.3, 0.4) is 0 Å². The topological polar surface area (TPSA) is 38.7 Å². The number of phenolic OH excluding ortho intramolecular Hbond substituents is 1. The first-order valence-electron chi connectivity index (χ1n) is 6.69. The predicted octanol–water partition coefficient (Wildman–Crippen LogP) is 3.78. The van der Waals surface area contributed by atoms with Crippen LogP contribution in [0.1, 0.15) is 16.7 Å². The normalized spacial score (nSPS) is 10.3. The summed E-state index contributed by atoms with van der Waals surface area (Å²) in [5.74, 6) is 1.77. The van der Waals surface area contributed by atoms with E-state index >= 15 is 0 Å². The summed E-state index contributed by atoms with van der Waals surface area (Å²) in [6.07, 6.45) is 0. The first-order chi connectivity index (χ1) is 9.56. The smallest absolute Gasteiger partial charge is 0.125 e. The molecule has 0 fully saturated rings. The molecule has 0 aliphatic carbocycles. The van der Waals surface area contributed by atoms with Gasteiger partial charge < -0.3 is 14.6 Å². The number of ether oxygens (including phenoxy) is 2. The van der Waals surface area contributed by atoms with Crippen LogP contribution in [0.25, 0.3) is 0 Å². The highest BCUT2D eigenvalue weighted by atomic mass is 16.5. The summed E-state index contributed by atoms with van der Waals surface area (Å²) >= 11 is 0. The van der Waals surface area contributed by atoms with Crippen LogP contribution in [-0.2, 0) is 0 Å². The maximum Gasteiger partial charge on any atom is 0.125 e. The van der Waals surface area contributed by atoms with Gasteiger partial charge in [0.25, 0.3) is 0 Å². The summed E-state index contributed by atoms with van der Waals surface area (Å²) in [5.41, 5.74) is 3.52. The van der Waals surface area contributed by atoms with Gasteiger partial charge >= 0.3 is 0 Å². The number of hydrogen-bond acceptors (Lipinski definition) is 3. The summed E-state index contributed by atoms with van der Waals surface area (Å²) in [4.78, 5) is 0. The fourth-order valence-corrected chi connectivity index (χ4v) is 2.27. The van der Waals surface area contributed by atoms with Crippen LogP contribution < -0.4 is 9.47 Å². The fraction of sp³-hybridized carbons (Fsp3) is 0.294. The van der Waals surface area contributed by atoms with Gasteiger partial charge in [-0.3, -0.25) is 0 Å². The van der Waals surface area contributed by atoms with Crippen LogP contribution in [0.2, 0.25) is 0 Å². The summed E-state index contributed by atoms with van der Waals surface area (Å²) in [7, 11) is 0. The Hall–Kier alpha value is -2.16. The van der Waals surface area contributed by atoms with Gasteiger partial charge in [0.15, 0.2) is 0 Å². The average Bonchev–Trinajstić information content (AvgIpc) is 2.36. The second kappa shape index (κ2) is 6.33. The van der Waals surface area contributed by atoms with Crippen LogP contribution in [0.4, 0.5) is 0 Å². The molecule has 2 aromatic rings. The molecular weight excluding hydrogens is 252 g/mol. The zero-order chi connectivity index (χ0) is 14.5. The van der Waals surface area contributed by atoms with E-state index in [0.717, 1.165) is 16.9 Å². The SMILES string of the molecule is Cc1cc(C)c(OCCOc2cccc(O)c2)c(C)c1. The molecule has 2 rings (SSSR count). The first kappa shape index (κ1) is 14.3. The van der Waals surface area contributed by atoms with Crippen molar-refractivity contribution in [3.8, 4) is 17.2 Å². The zero-order valence-electron chi connectivity index (χ0n) is 12.1. The Kier molecular flexibility index (Phi) is 4.51. The molecule has 0 amide bonds. The van der Waals surface area contributed by atoms with E-state index in [9.17, 15) is 5.11 Å². The van der Waals surface area contributed by atoms with Crippen molar-refractivity contribution in [1.29, 1.82) is 0 Å². The van der Waals surface area contributed by atoms with Gasteiger partial charge in [0, 0.05) is 6.07 Å². The molecule has 3 nitrogen and oxygen atoms in total. The van der Waals surface area contributed by atoms with Crippen LogP contribution in [0, 0.1) is 20.8 Å². The van der Waals surface area contributed by atoms with E-state index in [1.54, 1.807) is 18.2 Å². The van der Waals surface area contributed by atoms with E-state index in [2.05, 4.69) is 19.1 Å². The van der Waals surface area contributed by atoms with Crippen molar-refractivity contribution >= 4 is 0 Å². The minimum atomic E-state index is 0.202. The number of aryl methyl sites for hydroxylation is 3. The molecule has 0 saturated heterocycles. The minimum Gasteiger partial charge on any atom is -0.508 e. The lowest BCUT2D eigenvalue weighted by Gasteiger charge is -2.13. The molecule has 0 atom stereocenters. The Labute approximate surface area is 119 Å². The maximum atomic E-state index is 9.34. The summed E-state index contributed by atoms with van der Waals surface area (Å²) in [6.45, 7) is 7.09. The lowest BCUT2D eigenvalue weighted by atomic mass is 10.1. The molecule has 0 unspecified atom stereocenters. The van der Waals surface area contributed by atoms with Gasteiger partial charge in [-0.25, -0.2) is 0 Å². The quantitative estimate of drug-likeness (QED) is 0.842. The summed E-state index contributed by atoms with van der Waals surface area (Å²) < 4.78 is 11.3. The Balaban J connectivity index is 1.88. The molecule has 0 heterocycles. The molecule has 0 radical (unpaired) electrons. The number of hydrogen-bond donors (Lipinski definition) is 1. The van der Waals surface area contributed by atoms with Crippen molar-refractivity contribution in [2.75, 3.05) is 13.2 Å². The Bertz CT molecular complexity index is 568. The number of aromatic hydroxyl groups is 1. The predicted molar refractivity (Wildman–Crippen MR) is 79.7 cm³/mol. The zero-order valence-corrected chi connectivity index (χ0v) is 12.1. The third kappa shape index (κ3) is 3.67. The standard InChI is InChI=1S/C17H20O3/c1-12-9-13(2)17(14(3)10-12)20-8-7-19-16-6-4-5-15(18)11-16/h4-6,9-11,18H,7-8H2,1-3H3. The number of rotatable bonds is 5. The third-order valence-corrected chi connectivity index (χ3v) is 3.02. The number of phenols is 1. The molecule has 0 aliphatic rings. The molecule has 0 aliphatic heterocycles. The monoisotopic (exact) mass is 272 g/mol. The molecule has 0 bridgehead atoms. The highest BCUT2D eigenvalue weighted by Gasteiger charge is 2.05. The van der Waals surface area contributed by atoms with E-state index in [1.165, 1.54) is 5.56 Å². The molecule has 20 heavy (non-hydrogen) atoms. The van der Waals surface area contributed by atoms with Crippen LogP contribution >= 0.6 is 0 Å². The van der Waals surface area contributed by atoms with Gasteiger partial charge in [0.2, 0.25) is 0 Å². The van der Waals surface area contributed by atoms with Gasteiger partial charge in [-0.1, -0.05) is 23.8 Å². The first-order valence-corrected chi connectivity index (χ1v) is 6.69. The average molecular weight is 272 g/mol. The summed E-state index contributed by atoms with van der Waals surface area (Å²) in [6, 6.07) is 11.0. The molecule has 0 aromatic heterocycles. The molecule has 1 N–H and O–H groups in total. The third-order valence-electron chi connectivity index (χ3n) is 3.02. The van der Waals surface area contributed by atoms with E-state index in [4.69, 9.17) is 9.47 Å². The molecule has 106 valence electrons. The fourth-order valence-electron chi connectivity index (χ4n) is 2.27. The van der Waals surface area contributed by atoms with Gasteiger partial charge in [0.1, 0.15) is 30.5 Å². The highest BCUT2D eigenvalue weighted by Crippen LogP contribution is 2.24. The maximum absolute atomic E-state index is 9.34.